The Bertz CT molecular complexity index is 1210. The lowest BCUT2D eigenvalue weighted by atomic mass is 10.1. The quantitative estimate of drug-likeness (QED) is 0.562. The first-order valence-electron chi connectivity index (χ1n) is 10.6. The minimum absolute atomic E-state index is 0.0835. The topological polar surface area (TPSA) is 114 Å². The Kier molecular flexibility index (Phi) is 5.40. The number of fused-ring (bicyclic) bond motifs is 3. The summed E-state index contributed by atoms with van der Waals surface area (Å²) in [5.41, 5.74) is 2.18. The Labute approximate surface area is 188 Å². The van der Waals surface area contributed by atoms with Gasteiger partial charge in [0.25, 0.3) is 17.7 Å². The lowest BCUT2D eigenvalue weighted by Gasteiger charge is -2.24. The number of anilines is 1. The summed E-state index contributed by atoms with van der Waals surface area (Å²) in [6.45, 7) is 3.85. The SMILES string of the molecule is CC1CNC(=O)c2cc3ccc(C(=O)Nc4nc(C(=O)NC5CCOCC5)cs4)cc3n21. The van der Waals surface area contributed by atoms with Crippen LogP contribution in [0.5, 0.6) is 0 Å². The van der Waals surface area contributed by atoms with E-state index in [0.717, 1.165) is 23.7 Å². The van der Waals surface area contributed by atoms with Crippen molar-refractivity contribution in [2.45, 2.75) is 31.8 Å². The normalized spacial score (nSPS) is 18.8. The Morgan fingerprint density at radius 2 is 2.03 bits per heavy atom. The molecule has 32 heavy (non-hydrogen) atoms. The van der Waals surface area contributed by atoms with Crippen molar-refractivity contribution >= 4 is 45.1 Å². The van der Waals surface area contributed by atoms with Crippen LogP contribution in [0.15, 0.2) is 29.6 Å². The van der Waals surface area contributed by atoms with E-state index in [0.29, 0.717) is 36.1 Å². The number of hydrogen-bond acceptors (Lipinski definition) is 6. The molecule has 1 unspecified atom stereocenters. The molecule has 3 N–H and O–H groups in total. The van der Waals surface area contributed by atoms with Gasteiger partial charge in [-0.05, 0) is 38.0 Å². The highest BCUT2D eigenvalue weighted by Gasteiger charge is 2.25. The number of carbonyl (C=O) groups is 3. The highest BCUT2D eigenvalue weighted by molar-refractivity contribution is 7.14. The number of aromatic nitrogens is 2. The molecule has 2 aliphatic heterocycles. The summed E-state index contributed by atoms with van der Waals surface area (Å²) in [7, 11) is 0. The first kappa shape index (κ1) is 20.7. The van der Waals surface area contributed by atoms with Crippen LogP contribution in [0.25, 0.3) is 10.9 Å². The van der Waals surface area contributed by atoms with Gasteiger partial charge >= 0.3 is 0 Å². The zero-order valence-electron chi connectivity index (χ0n) is 17.5. The maximum absolute atomic E-state index is 12.8. The number of carbonyl (C=O) groups excluding carboxylic acids is 3. The smallest absolute Gasteiger partial charge is 0.271 e. The number of nitrogens with one attached hydrogen (secondary N) is 3. The van der Waals surface area contributed by atoms with Crippen molar-refractivity contribution < 1.29 is 19.1 Å². The maximum atomic E-state index is 12.8. The van der Waals surface area contributed by atoms with Crippen LogP contribution >= 0.6 is 11.3 Å². The molecule has 1 aromatic carbocycles. The number of hydrogen-bond donors (Lipinski definition) is 3. The van der Waals surface area contributed by atoms with Gasteiger partial charge < -0.3 is 19.9 Å². The van der Waals surface area contributed by atoms with Crippen LogP contribution in [0.3, 0.4) is 0 Å². The molecular weight excluding hydrogens is 430 g/mol. The van der Waals surface area contributed by atoms with Crippen molar-refractivity contribution in [3.05, 3.63) is 46.6 Å². The first-order valence-corrected chi connectivity index (χ1v) is 11.5. The third kappa shape index (κ3) is 3.87. The van der Waals surface area contributed by atoms with Gasteiger partial charge in [0.1, 0.15) is 11.4 Å². The van der Waals surface area contributed by atoms with Gasteiger partial charge in [0.15, 0.2) is 5.13 Å². The lowest BCUT2D eigenvalue weighted by Crippen LogP contribution is -2.39. The highest BCUT2D eigenvalue weighted by Crippen LogP contribution is 2.28. The molecule has 5 rings (SSSR count). The van der Waals surface area contributed by atoms with E-state index < -0.39 is 0 Å². The summed E-state index contributed by atoms with van der Waals surface area (Å²) >= 11 is 1.21. The number of rotatable bonds is 4. The molecule has 4 heterocycles. The average molecular weight is 454 g/mol. The average Bonchev–Trinajstić information content (AvgIpc) is 3.42. The van der Waals surface area contributed by atoms with Crippen LogP contribution < -0.4 is 16.0 Å². The number of ether oxygens (including phenoxy) is 1. The van der Waals surface area contributed by atoms with Crippen molar-refractivity contribution in [3.8, 4) is 0 Å². The number of amides is 3. The molecule has 0 bridgehead atoms. The van der Waals surface area contributed by atoms with Crippen molar-refractivity contribution in [1.82, 2.24) is 20.2 Å². The molecule has 166 valence electrons. The molecule has 1 saturated heterocycles. The molecule has 0 aliphatic carbocycles. The summed E-state index contributed by atoms with van der Waals surface area (Å²) in [6, 6.07) is 7.36. The van der Waals surface area contributed by atoms with Gasteiger partial charge in [-0.2, -0.15) is 0 Å². The van der Waals surface area contributed by atoms with Crippen LogP contribution in [-0.2, 0) is 4.74 Å². The van der Waals surface area contributed by atoms with Crippen molar-refractivity contribution in [3.63, 3.8) is 0 Å². The first-order chi connectivity index (χ1) is 15.5. The highest BCUT2D eigenvalue weighted by atomic mass is 32.1. The second-order valence-electron chi connectivity index (χ2n) is 8.08. The summed E-state index contributed by atoms with van der Waals surface area (Å²) in [5.74, 6) is -0.678. The lowest BCUT2D eigenvalue weighted by molar-refractivity contribution is 0.0694. The second kappa shape index (κ2) is 8.36. The van der Waals surface area contributed by atoms with E-state index >= 15 is 0 Å². The number of nitrogens with zero attached hydrogens (tertiary/aromatic N) is 2. The van der Waals surface area contributed by atoms with Gasteiger partial charge in [-0.1, -0.05) is 6.07 Å². The molecule has 2 aliphatic rings. The molecule has 2 aromatic heterocycles. The molecule has 0 spiro atoms. The van der Waals surface area contributed by atoms with Gasteiger partial charge in [-0.3, -0.25) is 19.7 Å². The van der Waals surface area contributed by atoms with E-state index in [1.54, 1.807) is 17.5 Å². The predicted octanol–water partition coefficient (Wildman–Crippen LogP) is 2.56. The van der Waals surface area contributed by atoms with Gasteiger partial charge in [0.05, 0.1) is 0 Å². The Morgan fingerprint density at radius 1 is 1.22 bits per heavy atom. The maximum Gasteiger partial charge on any atom is 0.271 e. The summed E-state index contributed by atoms with van der Waals surface area (Å²) in [4.78, 5) is 41.7. The summed E-state index contributed by atoms with van der Waals surface area (Å²) < 4.78 is 7.27. The van der Waals surface area contributed by atoms with Crippen LogP contribution in [-0.4, -0.2) is 53.1 Å². The summed E-state index contributed by atoms with van der Waals surface area (Å²) in [5, 5.41) is 11.5. The molecule has 10 heteroatoms. The Morgan fingerprint density at radius 3 is 2.84 bits per heavy atom. The minimum atomic E-state index is -0.318. The molecule has 1 atom stereocenters. The second-order valence-corrected chi connectivity index (χ2v) is 8.94. The fourth-order valence-electron chi connectivity index (χ4n) is 4.14. The number of thiazole rings is 1. The third-order valence-corrected chi connectivity index (χ3v) is 6.61. The minimum Gasteiger partial charge on any atom is -0.381 e. The van der Waals surface area contributed by atoms with Gasteiger partial charge in [-0.15, -0.1) is 11.3 Å². The van der Waals surface area contributed by atoms with E-state index in [9.17, 15) is 14.4 Å². The van der Waals surface area contributed by atoms with Gasteiger partial charge in [0.2, 0.25) is 0 Å². The van der Waals surface area contributed by atoms with Crippen LogP contribution in [0.1, 0.15) is 57.1 Å². The molecule has 1 fully saturated rings. The van der Waals surface area contributed by atoms with Crippen LogP contribution in [0.4, 0.5) is 5.13 Å². The van der Waals surface area contributed by atoms with Gasteiger partial charge in [-0.25, -0.2) is 4.98 Å². The van der Waals surface area contributed by atoms with Crippen molar-refractivity contribution in [2.75, 3.05) is 25.1 Å². The zero-order chi connectivity index (χ0) is 22.2. The Balaban J connectivity index is 1.31. The molecule has 0 radical (unpaired) electrons. The fourth-order valence-corrected chi connectivity index (χ4v) is 4.83. The monoisotopic (exact) mass is 453 g/mol. The van der Waals surface area contributed by atoms with Crippen LogP contribution in [0, 0.1) is 0 Å². The number of benzene rings is 1. The largest absolute Gasteiger partial charge is 0.381 e. The molecular formula is C22H23N5O4S. The molecule has 3 amide bonds. The molecule has 3 aromatic rings. The van der Waals surface area contributed by atoms with E-state index in [2.05, 4.69) is 20.9 Å². The van der Waals surface area contributed by atoms with Crippen molar-refractivity contribution in [2.24, 2.45) is 0 Å². The predicted molar refractivity (Wildman–Crippen MR) is 120 cm³/mol. The van der Waals surface area contributed by atoms with Crippen molar-refractivity contribution in [1.29, 1.82) is 0 Å². The molecule has 9 nitrogen and oxygen atoms in total. The van der Waals surface area contributed by atoms with E-state index in [1.165, 1.54) is 11.3 Å². The van der Waals surface area contributed by atoms with E-state index in [4.69, 9.17) is 4.74 Å². The van der Waals surface area contributed by atoms with E-state index in [-0.39, 0.29) is 35.5 Å². The zero-order valence-corrected chi connectivity index (χ0v) is 18.3. The van der Waals surface area contributed by atoms with Gasteiger partial charge in [0, 0.05) is 53.7 Å². The van der Waals surface area contributed by atoms with Crippen LogP contribution in [0.2, 0.25) is 0 Å². The molecule has 0 saturated carbocycles. The Hall–Kier alpha value is -3.24. The fraction of sp³-hybridized carbons (Fsp3) is 0.364. The van der Waals surface area contributed by atoms with E-state index in [1.807, 2.05) is 23.6 Å². The third-order valence-electron chi connectivity index (χ3n) is 5.85. The standard InChI is InChI=1S/C22H23N5O4S/c1-12-10-23-21(30)18-8-13-2-3-14(9-17(13)27(12)18)19(28)26-22-25-16(11-32-22)20(29)24-15-4-6-31-7-5-15/h2-3,8-9,11-12,15H,4-7,10H2,1H3,(H,23,30)(H,24,29)(H,25,26,28). The summed E-state index contributed by atoms with van der Waals surface area (Å²) in [6.07, 6.45) is 1.57.